The number of benzene rings is 1. The van der Waals surface area contributed by atoms with Crippen LogP contribution in [0.3, 0.4) is 0 Å². The van der Waals surface area contributed by atoms with Crippen molar-refractivity contribution in [2.45, 2.75) is 12.8 Å². The summed E-state index contributed by atoms with van der Waals surface area (Å²) in [7, 11) is 1.74. The number of carbonyl (C=O) groups excluding carboxylic acids is 1. The molecule has 27 heavy (non-hydrogen) atoms. The number of nitrogens with zero attached hydrogens (tertiary/aromatic N) is 3. The number of thioether (sulfide) groups is 1. The normalized spacial score (nSPS) is 15.8. The summed E-state index contributed by atoms with van der Waals surface area (Å²) in [6.07, 6.45) is 2.04. The van der Waals surface area contributed by atoms with Crippen LogP contribution < -0.4 is 0 Å². The topological polar surface area (TPSA) is 75.4 Å². The minimum absolute atomic E-state index is 0.0112. The predicted octanol–water partition coefficient (Wildman–Crippen LogP) is 3.81. The molecule has 140 valence electrons. The Morgan fingerprint density at radius 3 is 2.74 bits per heavy atom. The van der Waals surface area contributed by atoms with Crippen LogP contribution in [0, 0.1) is 0 Å². The third-order valence-electron chi connectivity index (χ3n) is 3.98. The SMILES string of the molecule is Cn1nc(-c2ccccc2)c(/C=C2/SC(=S)N(CCCC(=O)O)C2=O)c1Cl. The van der Waals surface area contributed by atoms with Crippen molar-refractivity contribution in [1.29, 1.82) is 0 Å². The van der Waals surface area contributed by atoms with Crippen LogP contribution in [0.4, 0.5) is 0 Å². The molecule has 0 saturated carbocycles. The minimum atomic E-state index is -0.898. The van der Waals surface area contributed by atoms with Crippen molar-refractivity contribution in [3.63, 3.8) is 0 Å². The second-order valence-corrected chi connectivity index (χ2v) is 7.91. The van der Waals surface area contributed by atoms with Crippen LogP contribution in [0.1, 0.15) is 18.4 Å². The second-order valence-electron chi connectivity index (χ2n) is 5.87. The van der Waals surface area contributed by atoms with E-state index in [0.717, 1.165) is 5.56 Å². The largest absolute Gasteiger partial charge is 0.481 e. The van der Waals surface area contributed by atoms with Crippen LogP contribution in [0.25, 0.3) is 17.3 Å². The first-order valence-corrected chi connectivity index (χ1v) is 9.74. The molecule has 2 heterocycles. The maximum absolute atomic E-state index is 12.7. The standard InChI is InChI=1S/C18H16ClN3O3S2/c1-21-16(19)12(15(20-21)11-6-3-2-4-7-11)10-13-17(25)22(18(26)27-13)9-5-8-14(23)24/h2-4,6-7,10H,5,8-9H2,1H3,(H,23,24)/b13-10+. The zero-order valence-corrected chi connectivity index (χ0v) is 16.8. The summed E-state index contributed by atoms with van der Waals surface area (Å²) in [5, 5.41) is 13.6. The molecule has 0 atom stereocenters. The van der Waals surface area contributed by atoms with E-state index in [4.69, 9.17) is 28.9 Å². The fraction of sp³-hybridized carbons (Fsp3) is 0.222. The number of carboxylic acids is 1. The number of rotatable bonds is 6. The molecule has 1 aromatic heterocycles. The number of carbonyl (C=O) groups is 2. The molecule has 1 aromatic carbocycles. The molecule has 1 amide bonds. The van der Waals surface area contributed by atoms with Crippen molar-refractivity contribution < 1.29 is 14.7 Å². The van der Waals surface area contributed by atoms with Gasteiger partial charge < -0.3 is 5.11 Å². The van der Waals surface area contributed by atoms with E-state index in [1.807, 2.05) is 30.3 Å². The van der Waals surface area contributed by atoms with Crippen molar-refractivity contribution in [1.82, 2.24) is 14.7 Å². The van der Waals surface area contributed by atoms with Crippen molar-refractivity contribution in [3.8, 4) is 11.3 Å². The highest BCUT2D eigenvalue weighted by Crippen LogP contribution is 2.36. The van der Waals surface area contributed by atoms with Crippen molar-refractivity contribution in [2.75, 3.05) is 6.54 Å². The summed E-state index contributed by atoms with van der Waals surface area (Å²) >= 11 is 12.9. The van der Waals surface area contributed by atoms with Gasteiger partial charge in [0.2, 0.25) is 0 Å². The van der Waals surface area contributed by atoms with E-state index in [1.165, 1.54) is 16.7 Å². The monoisotopic (exact) mass is 421 g/mol. The highest BCUT2D eigenvalue weighted by Gasteiger charge is 2.32. The van der Waals surface area contributed by atoms with Crippen LogP contribution in [-0.2, 0) is 16.6 Å². The van der Waals surface area contributed by atoms with Crippen molar-refractivity contribution >= 4 is 57.9 Å². The van der Waals surface area contributed by atoms with Crippen LogP contribution in [-0.4, -0.2) is 42.5 Å². The first-order chi connectivity index (χ1) is 12.9. The van der Waals surface area contributed by atoms with Gasteiger partial charge in [0.1, 0.15) is 15.2 Å². The summed E-state index contributed by atoms with van der Waals surface area (Å²) in [4.78, 5) is 25.2. The first-order valence-electron chi connectivity index (χ1n) is 8.13. The molecule has 0 radical (unpaired) electrons. The summed E-state index contributed by atoms with van der Waals surface area (Å²) in [5.74, 6) is -1.14. The fourth-order valence-electron chi connectivity index (χ4n) is 2.67. The Bertz CT molecular complexity index is 941. The highest BCUT2D eigenvalue weighted by molar-refractivity contribution is 8.26. The molecular weight excluding hydrogens is 406 g/mol. The molecule has 1 aliphatic heterocycles. The number of aryl methyl sites for hydroxylation is 1. The highest BCUT2D eigenvalue weighted by atomic mass is 35.5. The average Bonchev–Trinajstić information content (AvgIpc) is 3.07. The third kappa shape index (κ3) is 4.23. The van der Waals surface area contributed by atoms with Gasteiger partial charge >= 0.3 is 5.97 Å². The zero-order valence-electron chi connectivity index (χ0n) is 14.4. The molecule has 1 saturated heterocycles. The Kier molecular flexibility index (Phi) is 5.98. The van der Waals surface area contributed by atoms with Gasteiger partial charge in [-0.05, 0) is 12.5 Å². The number of thiocarbonyl (C=S) groups is 1. The van der Waals surface area contributed by atoms with Crippen LogP contribution in [0.15, 0.2) is 35.2 Å². The van der Waals surface area contributed by atoms with Crippen molar-refractivity contribution in [3.05, 3.63) is 46.0 Å². The van der Waals surface area contributed by atoms with Gasteiger partial charge in [0.25, 0.3) is 5.91 Å². The lowest BCUT2D eigenvalue weighted by Crippen LogP contribution is -2.29. The Morgan fingerprint density at radius 2 is 2.07 bits per heavy atom. The van der Waals surface area contributed by atoms with Gasteiger partial charge in [-0.25, -0.2) is 0 Å². The molecule has 2 aromatic rings. The molecule has 0 bridgehead atoms. The Labute approximate surface area is 170 Å². The van der Waals surface area contributed by atoms with Gasteiger partial charge in [0, 0.05) is 31.1 Å². The molecule has 9 heteroatoms. The summed E-state index contributed by atoms with van der Waals surface area (Å²) in [6.45, 7) is 0.278. The molecule has 1 aliphatic rings. The summed E-state index contributed by atoms with van der Waals surface area (Å²) < 4.78 is 1.97. The average molecular weight is 422 g/mol. The fourth-order valence-corrected chi connectivity index (χ4v) is 4.14. The maximum atomic E-state index is 12.7. The molecule has 0 spiro atoms. The maximum Gasteiger partial charge on any atom is 0.303 e. The number of carboxylic acid groups (broad SMARTS) is 1. The van der Waals surface area contributed by atoms with Gasteiger partial charge in [0.05, 0.1) is 4.91 Å². The number of hydrogen-bond donors (Lipinski definition) is 1. The molecule has 6 nitrogen and oxygen atoms in total. The van der Waals surface area contributed by atoms with Gasteiger partial charge in [-0.2, -0.15) is 5.10 Å². The molecule has 0 unspecified atom stereocenters. The van der Waals surface area contributed by atoms with Gasteiger partial charge in [-0.1, -0.05) is 65.9 Å². The van der Waals surface area contributed by atoms with E-state index in [-0.39, 0.29) is 18.9 Å². The Morgan fingerprint density at radius 1 is 1.37 bits per heavy atom. The van der Waals surface area contributed by atoms with Crippen LogP contribution in [0.2, 0.25) is 5.15 Å². The quantitative estimate of drug-likeness (QED) is 0.564. The van der Waals surface area contributed by atoms with Gasteiger partial charge in [-0.15, -0.1) is 0 Å². The van der Waals surface area contributed by atoms with E-state index in [9.17, 15) is 9.59 Å². The third-order valence-corrected chi connectivity index (χ3v) is 5.81. The molecule has 1 N–H and O–H groups in total. The lowest BCUT2D eigenvalue weighted by Gasteiger charge is -2.13. The van der Waals surface area contributed by atoms with Gasteiger partial charge in [0.15, 0.2) is 0 Å². The summed E-state index contributed by atoms with van der Waals surface area (Å²) in [6, 6.07) is 9.57. The van der Waals surface area contributed by atoms with E-state index in [1.54, 1.807) is 17.8 Å². The van der Waals surface area contributed by atoms with Crippen molar-refractivity contribution in [2.24, 2.45) is 7.05 Å². The lowest BCUT2D eigenvalue weighted by atomic mass is 10.1. The molecule has 0 aliphatic carbocycles. The first kappa shape index (κ1) is 19.6. The Hall–Kier alpha value is -2.16. The van der Waals surface area contributed by atoms with E-state index in [2.05, 4.69) is 5.10 Å². The van der Waals surface area contributed by atoms with Crippen LogP contribution in [0.5, 0.6) is 0 Å². The number of hydrogen-bond acceptors (Lipinski definition) is 5. The minimum Gasteiger partial charge on any atom is -0.481 e. The molecule has 1 fully saturated rings. The second kappa shape index (κ2) is 8.24. The van der Waals surface area contributed by atoms with E-state index < -0.39 is 5.97 Å². The zero-order chi connectivity index (χ0) is 19.6. The van der Waals surface area contributed by atoms with E-state index in [0.29, 0.717) is 32.1 Å². The van der Waals surface area contributed by atoms with Gasteiger partial charge in [-0.3, -0.25) is 19.2 Å². The van der Waals surface area contributed by atoms with E-state index >= 15 is 0 Å². The molecule has 3 rings (SSSR count). The molecular formula is C18H16ClN3O3S2. The predicted molar refractivity (Wildman–Crippen MR) is 110 cm³/mol. The number of aliphatic carboxylic acids is 1. The number of amides is 1. The Balaban J connectivity index is 1.90. The summed E-state index contributed by atoms with van der Waals surface area (Å²) in [5.41, 5.74) is 2.22. The smallest absolute Gasteiger partial charge is 0.303 e. The number of halogens is 1. The lowest BCUT2D eigenvalue weighted by molar-refractivity contribution is -0.137. The number of aromatic nitrogens is 2. The van der Waals surface area contributed by atoms with Crippen LogP contribution >= 0.6 is 35.6 Å².